The lowest BCUT2D eigenvalue weighted by Crippen LogP contribution is -2.67. The van der Waals surface area contributed by atoms with Crippen molar-refractivity contribution in [1.82, 2.24) is 5.32 Å². The molecular formula is C33H51NO2. The van der Waals surface area contributed by atoms with E-state index in [2.05, 4.69) is 59.4 Å². The average molecular weight is 494 g/mol. The zero-order chi connectivity index (χ0) is 26.3. The first-order valence-corrected chi connectivity index (χ1v) is 14.8. The van der Waals surface area contributed by atoms with Gasteiger partial charge in [-0.05, 0) is 122 Å². The molecule has 0 aromatic carbocycles. The minimum Gasteiger partial charge on any atom is -0.393 e. The Morgan fingerprint density at radius 1 is 0.944 bits per heavy atom. The van der Waals surface area contributed by atoms with Crippen molar-refractivity contribution < 1.29 is 9.90 Å². The third-order valence-corrected chi connectivity index (χ3v) is 13.8. The van der Waals surface area contributed by atoms with E-state index in [9.17, 15) is 9.90 Å². The molecule has 5 saturated carbocycles. The second-order valence-electron chi connectivity index (χ2n) is 15.1. The normalized spacial score (nSPS) is 51.1. The van der Waals surface area contributed by atoms with Crippen LogP contribution in [0, 0.1) is 69.0 Å². The molecule has 1 amide bonds. The van der Waals surface area contributed by atoms with Crippen LogP contribution in [0.25, 0.3) is 0 Å². The zero-order valence-corrected chi connectivity index (χ0v) is 23.9. The third-order valence-electron chi connectivity index (χ3n) is 13.8. The lowest BCUT2D eigenvalue weighted by atomic mass is 9.32. The number of carbonyl (C=O) groups excluding carboxylic acids is 1. The standard InChI is InChI=1S/C33H51NO2/c1-9-20-34-28(36)33-17-12-22(21(2)3)27(33)23-10-11-25-30(6)15-14-26(35)29(4,5)24(30)13-16-32(25,8)31(23,7)18-19-33/h1,22-27,35H,2,10-20H2,3-8H3,(H,34,36)/t22-,23+,24-,25+,26-,27+,30-,31+,32+,33-/m0/s1. The molecule has 0 saturated heterocycles. The Morgan fingerprint density at radius 2 is 1.67 bits per heavy atom. The van der Waals surface area contributed by atoms with Gasteiger partial charge in [0.2, 0.25) is 5.91 Å². The number of aliphatic hydroxyl groups is 1. The summed E-state index contributed by atoms with van der Waals surface area (Å²) in [6, 6.07) is 0. The molecular weight excluding hydrogens is 442 g/mol. The molecule has 0 heterocycles. The predicted octanol–water partition coefficient (Wildman–Crippen LogP) is 6.75. The lowest BCUT2D eigenvalue weighted by Gasteiger charge is -2.72. The van der Waals surface area contributed by atoms with E-state index in [4.69, 9.17) is 6.42 Å². The number of rotatable bonds is 3. The van der Waals surface area contributed by atoms with Crippen LogP contribution in [-0.4, -0.2) is 23.7 Å². The van der Waals surface area contributed by atoms with Gasteiger partial charge in [0.05, 0.1) is 18.1 Å². The number of carbonyl (C=O) groups is 1. The minimum atomic E-state index is -0.286. The number of allylic oxidation sites excluding steroid dienone is 1. The summed E-state index contributed by atoms with van der Waals surface area (Å²) < 4.78 is 0. The fraction of sp³-hybridized carbons (Fsp3) is 0.848. The summed E-state index contributed by atoms with van der Waals surface area (Å²) >= 11 is 0. The molecule has 0 bridgehead atoms. The number of aliphatic hydroxyl groups excluding tert-OH is 1. The third kappa shape index (κ3) is 3.18. The Morgan fingerprint density at radius 3 is 2.33 bits per heavy atom. The fourth-order valence-corrected chi connectivity index (χ4v) is 11.8. The maximum Gasteiger partial charge on any atom is 0.227 e. The maximum absolute atomic E-state index is 13.8. The molecule has 2 N–H and O–H groups in total. The zero-order valence-electron chi connectivity index (χ0n) is 23.9. The summed E-state index contributed by atoms with van der Waals surface area (Å²) in [6.45, 7) is 19.5. The summed E-state index contributed by atoms with van der Waals surface area (Å²) in [5.74, 6) is 5.46. The van der Waals surface area contributed by atoms with Crippen molar-refractivity contribution in [2.45, 2.75) is 112 Å². The van der Waals surface area contributed by atoms with E-state index in [0.717, 1.165) is 38.5 Å². The molecule has 0 aliphatic heterocycles. The highest BCUT2D eigenvalue weighted by atomic mass is 16.3. The quantitative estimate of drug-likeness (QED) is 0.337. The number of fused-ring (bicyclic) bond motifs is 7. The lowest BCUT2D eigenvalue weighted by molar-refractivity contribution is -0.246. The highest BCUT2D eigenvalue weighted by Crippen LogP contribution is 2.77. The summed E-state index contributed by atoms with van der Waals surface area (Å²) in [7, 11) is 0. The number of nitrogens with one attached hydrogen (secondary N) is 1. The molecule has 5 fully saturated rings. The average Bonchev–Trinajstić information content (AvgIpc) is 3.22. The Kier molecular flexibility index (Phi) is 6.12. The van der Waals surface area contributed by atoms with Crippen molar-refractivity contribution in [1.29, 1.82) is 0 Å². The fourth-order valence-electron chi connectivity index (χ4n) is 11.8. The van der Waals surface area contributed by atoms with Gasteiger partial charge in [0.1, 0.15) is 0 Å². The van der Waals surface area contributed by atoms with Crippen LogP contribution >= 0.6 is 0 Å². The SMILES string of the molecule is C#CCNC(=O)[C@]12CC[C@@H](C(=C)C)[C@@H]1[C@H]1CC[C@@H]3[C@@]4(C)CC[C@H](O)C(C)(C)[C@@H]4CC[C@@]3(C)[C@]1(C)CC2. The Balaban J connectivity index is 1.54. The summed E-state index contributed by atoms with van der Waals surface area (Å²) in [4.78, 5) is 13.8. The highest BCUT2D eigenvalue weighted by Gasteiger charge is 2.71. The van der Waals surface area contributed by atoms with E-state index in [1.165, 1.54) is 31.3 Å². The molecule has 0 radical (unpaired) electrons. The first-order valence-electron chi connectivity index (χ1n) is 14.8. The molecule has 5 aliphatic carbocycles. The molecule has 200 valence electrons. The van der Waals surface area contributed by atoms with E-state index in [1.54, 1.807) is 0 Å². The monoisotopic (exact) mass is 493 g/mol. The van der Waals surface area contributed by atoms with Gasteiger partial charge in [0.15, 0.2) is 0 Å². The second kappa shape index (κ2) is 8.36. The van der Waals surface area contributed by atoms with Gasteiger partial charge in [-0.15, -0.1) is 6.42 Å². The van der Waals surface area contributed by atoms with Crippen LogP contribution in [0.2, 0.25) is 0 Å². The first-order chi connectivity index (χ1) is 16.8. The van der Waals surface area contributed by atoms with Gasteiger partial charge < -0.3 is 10.4 Å². The first kappa shape index (κ1) is 26.3. The molecule has 0 unspecified atom stereocenters. The number of hydrogen-bond donors (Lipinski definition) is 2. The van der Waals surface area contributed by atoms with Gasteiger partial charge in [-0.25, -0.2) is 0 Å². The number of amides is 1. The minimum absolute atomic E-state index is 0.0145. The maximum atomic E-state index is 13.8. The Bertz CT molecular complexity index is 977. The molecule has 3 heteroatoms. The summed E-state index contributed by atoms with van der Waals surface area (Å²) in [5, 5.41) is 14.1. The van der Waals surface area contributed by atoms with Crippen molar-refractivity contribution in [2.75, 3.05) is 6.54 Å². The van der Waals surface area contributed by atoms with Crippen LogP contribution < -0.4 is 5.32 Å². The van der Waals surface area contributed by atoms with Gasteiger partial charge in [0, 0.05) is 0 Å². The highest BCUT2D eigenvalue weighted by molar-refractivity contribution is 5.84. The Hall–Kier alpha value is -1.27. The molecule has 5 aliphatic rings. The summed E-state index contributed by atoms with van der Waals surface area (Å²) in [6.07, 6.45) is 16.6. The summed E-state index contributed by atoms with van der Waals surface area (Å²) in [5.41, 5.74) is 1.74. The Labute approximate surface area is 220 Å². The molecule has 0 aromatic heterocycles. The smallest absolute Gasteiger partial charge is 0.227 e. The molecule has 3 nitrogen and oxygen atoms in total. The second-order valence-corrected chi connectivity index (χ2v) is 15.1. The number of terminal acetylenes is 1. The van der Waals surface area contributed by atoms with Crippen molar-refractivity contribution in [3.05, 3.63) is 12.2 Å². The van der Waals surface area contributed by atoms with Crippen molar-refractivity contribution in [3.8, 4) is 12.3 Å². The van der Waals surface area contributed by atoms with Crippen LogP contribution in [0.3, 0.4) is 0 Å². The topological polar surface area (TPSA) is 49.3 Å². The van der Waals surface area contributed by atoms with Gasteiger partial charge in [0.25, 0.3) is 0 Å². The van der Waals surface area contributed by atoms with Gasteiger partial charge in [-0.1, -0.05) is 52.7 Å². The van der Waals surface area contributed by atoms with Crippen molar-refractivity contribution >= 4 is 5.91 Å². The number of hydrogen-bond acceptors (Lipinski definition) is 2. The van der Waals surface area contributed by atoms with E-state index in [0.29, 0.717) is 36.1 Å². The van der Waals surface area contributed by atoms with Crippen molar-refractivity contribution in [3.63, 3.8) is 0 Å². The van der Waals surface area contributed by atoms with Crippen LogP contribution in [0.15, 0.2) is 12.2 Å². The van der Waals surface area contributed by atoms with E-state index >= 15 is 0 Å². The molecule has 0 aromatic rings. The van der Waals surface area contributed by atoms with Crippen LogP contribution in [0.5, 0.6) is 0 Å². The van der Waals surface area contributed by atoms with Gasteiger partial charge in [-0.3, -0.25) is 4.79 Å². The van der Waals surface area contributed by atoms with Gasteiger partial charge in [-0.2, -0.15) is 0 Å². The van der Waals surface area contributed by atoms with E-state index < -0.39 is 0 Å². The van der Waals surface area contributed by atoms with Gasteiger partial charge >= 0.3 is 0 Å². The van der Waals surface area contributed by atoms with Crippen LogP contribution in [0.1, 0.15) is 106 Å². The molecule has 5 rings (SSSR count). The van der Waals surface area contributed by atoms with E-state index in [-0.39, 0.29) is 39.1 Å². The molecule has 10 atom stereocenters. The van der Waals surface area contributed by atoms with Crippen molar-refractivity contribution in [2.24, 2.45) is 56.7 Å². The largest absolute Gasteiger partial charge is 0.393 e. The van der Waals surface area contributed by atoms with E-state index in [1.807, 2.05) is 0 Å². The van der Waals surface area contributed by atoms with Crippen LogP contribution in [0.4, 0.5) is 0 Å². The predicted molar refractivity (Wildman–Crippen MR) is 147 cm³/mol. The molecule has 0 spiro atoms. The van der Waals surface area contributed by atoms with Crippen LogP contribution in [-0.2, 0) is 4.79 Å². The molecule has 36 heavy (non-hydrogen) atoms.